The number of benzene rings is 1. The van der Waals surface area contributed by atoms with Gasteiger partial charge in [0.05, 0.1) is 36.3 Å². The molecular weight excluding hydrogens is 426 g/mol. The number of methoxy groups -OCH3 is 1. The highest BCUT2D eigenvalue weighted by Gasteiger charge is 2.32. The predicted octanol–water partition coefficient (Wildman–Crippen LogP) is 3.54. The van der Waals surface area contributed by atoms with Crippen molar-refractivity contribution in [2.75, 3.05) is 13.7 Å². The number of amides is 1. The van der Waals surface area contributed by atoms with E-state index in [9.17, 15) is 9.59 Å². The smallest absolute Gasteiger partial charge is 0.340 e. The van der Waals surface area contributed by atoms with Crippen LogP contribution in [-0.4, -0.2) is 61.7 Å². The molecule has 32 heavy (non-hydrogen) atoms. The third-order valence-corrected chi connectivity index (χ3v) is 6.91. The van der Waals surface area contributed by atoms with Crippen molar-refractivity contribution in [1.29, 1.82) is 0 Å². The van der Waals surface area contributed by atoms with E-state index in [2.05, 4.69) is 22.1 Å². The number of carbonyl (C=O) groups is 2. The number of para-hydroxylation sites is 1. The van der Waals surface area contributed by atoms with Crippen LogP contribution in [0.3, 0.4) is 0 Å². The molecule has 9 heteroatoms. The van der Waals surface area contributed by atoms with Crippen molar-refractivity contribution in [3.63, 3.8) is 0 Å². The summed E-state index contributed by atoms with van der Waals surface area (Å²) in [6, 6.07) is 9.26. The van der Waals surface area contributed by atoms with Crippen molar-refractivity contribution in [2.24, 2.45) is 0 Å². The van der Waals surface area contributed by atoms with E-state index < -0.39 is 5.97 Å². The molecule has 4 rings (SSSR count). The topological polar surface area (TPSA) is 90.2 Å². The van der Waals surface area contributed by atoms with Gasteiger partial charge in [0.2, 0.25) is 0 Å². The summed E-state index contributed by atoms with van der Waals surface area (Å²) in [5.41, 5.74) is 2.53. The van der Waals surface area contributed by atoms with E-state index in [0.29, 0.717) is 28.4 Å². The highest BCUT2D eigenvalue weighted by atomic mass is 32.2. The molecule has 1 aromatic carbocycles. The Morgan fingerprint density at radius 1 is 1.09 bits per heavy atom. The molecule has 1 saturated heterocycles. The number of ether oxygens (including phenoxy) is 1. The summed E-state index contributed by atoms with van der Waals surface area (Å²) in [6.45, 7) is 4.50. The molecule has 0 radical (unpaired) electrons. The van der Waals surface area contributed by atoms with Crippen molar-refractivity contribution in [2.45, 2.75) is 43.0 Å². The fraction of sp³-hybridized carbons (Fsp3) is 0.348. The predicted molar refractivity (Wildman–Crippen MR) is 121 cm³/mol. The molecule has 166 valence electrons. The first kappa shape index (κ1) is 22.0. The molecule has 0 N–H and O–H groups in total. The molecule has 1 aliphatic heterocycles. The third kappa shape index (κ3) is 4.38. The van der Waals surface area contributed by atoms with Crippen molar-refractivity contribution >= 4 is 23.6 Å². The Bertz CT molecular complexity index is 1120. The fourth-order valence-corrected chi connectivity index (χ4v) is 5.20. The molecule has 2 atom stereocenters. The molecule has 2 aromatic heterocycles. The van der Waals surface area contributed by atoms with E-state index >= 15 is 0 Å². The summed E-state index contributed by atoms with van der Waals surface area (Å²) < 4.78 is 4.96. The summed E-state index contributed by atoms with van der Waals surface area (Å²) in [4.78, 5) is 33.7. The zero-order valence-corrected chi connectivity index (χ0v) is 19.1. The Hall–Kier alpha value is -3.20. The summed E-state index contributed by atoms with van der Waals surface area (Å²) in [7, 11) is 1.37. The second-order valence-electron chi connectivity index (χ2n) is 7.76. The van der Waals surface area contributed by atoms with Gasteiger partial charge in [-0.3, -0.25) is 4.79 Å². The number of piperidine rings is 1. The second kappa shape index (κ2) is 9.52. The average molecular weight is 452 g/mol. The van der Waals surface area contributed by atoms with E-state index in [-0.39, 0.29) is 17.2 Å². The number of rotatable bonds is 5. The van der Waals surface area contributed by atoms with Gasteiger partial charge in [0, 0.05) is 24.0 Å². The number of hydrogen-bond donors (Lipinski definition) is 0. The van der Waals surface area contributed by atoms with Gasteiger partial charge < -0.3 is 9.64 Å². The SMILES string of the molecule is COC(=O)c1c(C)ccnc1S[C@@H]1CC[C@@H](C)N(C(=O)c2ccccc2-n2nccn2)C1. The monoisotopic (exact) mass is 451 g/mol. The minimum atomic E-state index is -0.393. The van der Waals surface area contributed by atoms with Gasteiger partial charge in [0.25, 0.3) is 5.91 Å². The maximum absolute atomic E-state index is 13.6. The number of thioether (sulfide) groups is 1. The second-order valence-corrected chi connectivity index (χ2v) is 9.05. The Balaban J connectivity index is 1.58. The van der Waals surface area contributed by atoms with Crippen LogP contribution < -0.4 is 0 Å². The van der Waals surface area contributed by atoms with E-state index in [4.69, 9.17) is 4.74 Å². The minimum Gasteiger partial charge on any atom is -0.465 e. The Morgan fingerprint density at radius 2 is 1.84 bits per heavy atom. The molecule has 0 saturated carbocycles. The molecule has 1 amide bonds. The van der Waals surface area contributed by atoms with Crippen LogP contribution in [0.15, 0.2) is 53.9 Å². The summed E-state index contributed by atoms with van der Waals surface area (Å²) in [5.74, 6) is -0.447. The van der Waals surface area contributed by atoms with Gasteiger partial charge in [-0.25, -0.2) is 9.78 Å². The Kier molecular flexibility index (Phi) is 6.55. The average Bonchev–Trinajstić information content (AvgIpc) is 3.34. The van der Waals surface area contributed by atoms with Gasteiger partial charge in [-0.1, -0.05) is 12.1 Å². The molecular formula is C23H25N5O3S. The van der Waals surface area contributed by atoms with Crippen molar-refractivity contribution in [3.05, 3.63) is 65.6 Å². The molecule has 0 bridgehead atoms. The van der Waals surface area contributed by atoms with E-state index in [1.165, 1.54) is 23.7 Å². The summed E-state index contributed by atoms with van der Waals surface area (Å²) >= 11 is 1.53. The lowest BCUT2D eigenvalue weighted by Gasteiger charge is -2.38. The zero-order valence-electron chi connectivity index (χ0n) is 18.3. The number of esters is 1. The minimum absolute atomic E-state index is 0.0545. The highest BCUT2D eigenvalue weighted by Crippen LogP contribution is 2.34. The lowest BCUT2D eigenvalue weighted by molar-refractivity contribution is 0.0592. The van der Waals surface area contributed by atoms with E-state index in [1.54, 1.807) is 24.7 Å². The van der Waals surface area contributed by atoms with Crippen molar-refractivity contribution < 1.29 is 14.3 Å². The van der Waals surface area contributed by atoms with Crippen LogP contribution >= 0.6 is 11.8 Å². The molecule has 0 aliphatic carbocycles. The Morgan fingerprint density at radius 3 is 2.59 bits per heavy atom. The van der Waals surface area contributed by atoms with Crippen molar-refractivity contribution in [1.82, 2.24) is 24.9 Å². The van der Waals surface area contributed by atoms with Crippen LogP contribution in [0.4, 0.5) is 0 Å². The first-order valence-electron chi connectivity index (χ1n) is 10.5. The summed E-state index contributed by atoms with van der Waals surface area (Å²) in [6.07, 6.45) is 6.67. The zero-order chi connectivity index (χ0) is 22.7. The maximum atomic E-state index is 13.6. The quantitative estimate of drug-likeness (QED) is 0.548. The van der Waals surface area contributed by atoms with Gasteiger partial charge in [0.1, 0.15) is 5.03 Å². The molecule has 3 heterocycles. The first-order valence-corrected chi connectivity index (χ1v) is 11.3. The molecule has 1 aliphatic rings. The number of hydrogen-bond acceptors (Lipinski definition) is 7. The maximum Gasteiger partial charge on any atom is 0.340 e. The van der Waals surface area contributed by atoms with Crippen LogP contribution in [0.2, 0.25) is 0 Å². The van der Waals surface area contributed by atoms with Crippen LogP contribution in [0.25, 0.3) is 5.69 Å². The van der Waals surface area contributed by atoms with Gasteiger partial charge in [0.15, 0.2) is 0 Å². The molecule has 8 nitrogen and oxygen atoms in total. The number of pyridine rings is 1. The molecule has 1 fully saturated rings. The Labute approximate surface area is 191 Å². The van der Waals surface area contributed by atoms with Gasteiger partial charge >= 0.3 is 5.97 Å². The third-order valence-electron chi connectivity index (χ3n) is 5.66. The number of carbonyl (C=O) groups excluding carboxylic acids is 2. The number of nitrogens with zero attached hydrogens (tertiary/aromatic N) is 5. The van der Waals surface area contributed by atoms with Crippen LogP contribution in [0.5, 0.6) is 0 Å². The summed E-state index contributed by atoms with van der Waals surface area (Å²) in [5, 5.41) is 9.13. The fourth-order valence-electron chi connectivity index (χ4n) is 3.91. The van der Waals surface area contributed by atoms with E-state index in [0.717, 1.165) is 18.4 Å². The van der Waals surface area contributed by atoms with Crippen LogP contribution in [-0.2, 0) is 4.74 Å². The lowest BCUT2D eigenvalue weighted by atomic mass is 10.0. The van der Waals surface area contributed by atoms with E-state index in [1.807, 2.05) is 36.1 Å². The van der Waals surface area contributed by atoms with Gasteiger partial charge in [-0.2, -0.15) is 15.0 Å². The number of aromatic nitrogens is 4. The largest absolute Gasteiger partial charge is 0.465 e. The number of likely N-dealkylation sites (tertiary alicyclic amines) is 1. The highest BCUT2D eigenvalue weighted by molar-refractivity contribution is 8.00. The van der Waals surface area contributed by atoms with Gasteiger partial charge in [-0.15, -0.1) is 11.8 Å². The van der Waals surface area contributed by atoms with Gasteiger partial charge in [-0.05, 0) is 50.5 Å². The molecule has 0 unspecified atom stereocenters. The van der Waals surface area contributed by atoms with Crippen molar-refractivity contribution in [3.8, 4) is 5.69 Å². The normalized spacial score (nSPS) is 18.4. The lowest BCUT2D eigenvalue weighted by Crippen LogP contribution is -2.47. The number of aryl methyl sites for hydroxylation is 1. The van der Waals surface area contributed by atoms with Crippen LogP contribution in [0, 0.1) is 6.92 Å². The first-order chi connectivity index (χ1) is 15.5. The molecule has 3 aromatic rings. The molecule has 0 spiro atoms. The van der Waals surface area contributed by atoms with Crippen LogP contribution in [0.1, 0.15) is 46.0 Å². The standard InChI is InChI=1S/C23H25N5O3S/c1-15-10-11-24-21(20(15)23(30)31-3)32-17-9-8-16(2)27(14-17)22(29)18-6-4-5-7-19(18)28-25-12-13-26-28/h4-7,10-13,16-17H,8-9,14H2,1-3H3/t16-,17-/m1/s1.